The van der Waals surface area contributed by atoms with Gasteiger partial charge in [-0.1, -0.05) is 0 Å². The van der Waals surface area contributed by atoms with E-state index in [0.29, 0.717) is 6.54 Å². The van der Waals surface area contributed by atoms with Gasteiger partial charge in [0.1, 0.15) is 5.75 Å². The van der Waals surface area contributed by atoms with E-state index in [9.17, 15) is 4.79 Å². The number of amides is 1. The molecule has 0 unspecified atom stereocenters. The molecule has 0 saturated heterocycles. The van der Waals surface area contributed by atoms with E-state index in [1.54, 1.807) is 7.11 Å². The molecule has 6 nitrogen and oxygen atoms in total. The summed E-state index contributed by atoms with van der Waals surface area (Å²) in [6.45, 7) is 5.06. The molecule has 0 aliphatic carbocycles. The zero-order valence-electron chi connectivity index (χ0n) is 12.5. The summed E-state index contributed by atoms with van der Waals surface area (Å²) < 4.78 is 7.40. The Hall–Kier alpha value is -2.50. The van der Waals surface area contributed by atoms with Gasteiger partial charge < -0.3 is 19.9 Å². The molecule has 0 spiro atoms. The van der Waals surface area contributed by atoms with Crippen LogP contribution in [0.4, 0.5) is 11.4 Å². The van der Waals surface area contributed by atoms with Crippen LogP contribution < -0.4 is 15.4 Å². The van der Waals surface area contributed by atoms with Gasteiger partial charge >= 0.3 is 0 Å². The van der Waals surface area contributed by atoms with Crippen LogP contribution in [-0.2, 0) is 17.9 Å². The number of aromatic nitrogens is 2. The van der Waals surface area contributed by atoms with Crippen LogP contribution in [0.5, 0.6) is 5.75 Å². The summed E-state index contributed by atoms with van der Waals surface area (Å²) in [6.07, 6.45) is 3.64. The molecule has 0 aliphatic rings. The zero-order chi connectivity index (χ0) is 15.2. The number of hydrogen-bond donors (Lipinski definition) is 2. The normalized spacial score (nSPS) is 10.2. The van der Waals surface area contributed by atoms with E-state index in [2.05, 4.69) is 27.1 Å². The third-order valence-electron chi connectivity index (χ3n) is 3.12. The van der Waals surface area contributed by atoms with Crippen molar-refractivity contribution in [2.75, 3.05) is 17.7 Å². The number of nitrogens with one attached hydrogen (secondary N) is 2. The first-order valence-electron chi connectivity index (χ1n) is 6.82. The van der Waals surface area contributed by atoms with Crippen LogP contribution in [0.3, 0.4) is 0 Å². The molecule has 0 saturated carbocycles. The highest BCUT2D eigenvalue weighted by Crippen LogP contribution is 2.28. The van der Waals surface area contributed by atoms with Crippen LogP contribution in [0.25, 0.3) is 0 Å². The molecule has 1 aromatic heterocycles. The van der Waals surface area contributed by atoms with E-state index < -0.39 is 0 Å². The van der Waals surface area contributed by atoms with Crippen LogP contribution in [-0.4, -0.2) is 22.6 Å². The van der Waals surface area contributed by atoms with Crippen LogP contribution in [0.15, 0.2) is 30.7 Å². The Bertz CT molecular complexity index is 622. The van der Waals surface area contributed by atoms with Crippen molar-refractivity contribution in [2.24, 2.45) is 0 Å². The van der Waals surface area contributed by atoms with Crippen molar-refractivity contribution < 1.29 is 9.53 Å². The summed E-state index contributed by atoms with van der Waals surface area (Å²) in [7, 11) is 1.62. The first-order valence-corrected chi connectivity index (χ1v) is 6.82. The summed E-state index contributed by atoms with van der Waals surface area (Å²) in [4.78, 5) is 15.3. The summed E-state index contributed by atoms with van der Waals surface area (Å²) >= 11 is 0. The number of rotatable bonds is 6. The molecule has 1 amide bonds. The quantitative estimate of drug-likeness (QED) is 0.857. The molecule has 0 aliphatic heterocycles. The van der Waals surface area contributed by atoms with Gasteiger partial charge in [0.05, 0.1) is 31.4 Å². The van der Waals surface area contributed by atoms with Gasteiger partial charge in [0.15, 0.2) is 0 Å². The SMILES string of the molecule is CCn1cncc1CNc1cc(NC(C)=O)ccc1OC. The molecule has 1 aromatic carbocycles. The van der Waals surface area contributed by atoms with Crippen LogP contribution in [0.1, 0.15) is 19.5 Å². The highest BCUT2D eigenvalue weighted by atomic mass is 16.5. The molecule has 21 heavy (non-hydrogen) atoms. The Kier molecular flexibility index (Phi) is 4.81. The van der Waals surface area contributed by atoms with Gasteiger partial charge in [-0.25, -0.2) is 4.98 Å². The van der Waals surface area contributed by atoms with E-state index in [1.165, 1.54) is 6.92 Å². The fourth-order valence-electron chi connectivity index (χ4n) is 2.09. The second-order valence-corrected chi connectivity index (χ2v) is 4.62. The highest BCUT2D eigenvalue weighted by molar-refractivity contribution is 5.89. The lowest BCUT2D eigenvalue weighted by Gasteiger charge is -2.13. The van der Waals surface area contributed by atoms with E-state index in [0.717, 1.165) is 29.4 Å². The van der Waals surface area contributed by atoms with Gasteiger partial charge in [-0.3, -0.25) is 4.79 Å². The van der Waals surface area contributed by atoms with Crippen molar-refractivity contribution in [3.8, 4) is 5.75 Å². The Balaban J connectivity index is 2.15. The summed E-state index contributed by atoms with van der Waals surface area (Å²) in [5.41, 5.74) is 2.65. The molecule has 2 N–H and O–H groups in total. The third kappa shape index (κ3) is 3.75. The number of benzene rings is 1. The number of carbonyl (C=O) groups is 1. The average Bonchev–Trinajstić information content (AvgIpc) is 2.92. The van der Waals surface area contributed by atoms with E-state index >= 15 is 0 Å². The van der Waals surface area contributed by atoms with Crippen molar-refractivity contribution in [1.29, 1.82) is 0 Å². The predicted molar refractivity (Wildman–Crippen MR) is 82.5 cm³/mol. The second kappa shape index (κ2) is 6.78. The number of carbonyl (C=O) groups excluding carboxylic acids is 1. The van der Waals surface area contributed by atoms with E-state index in [1.807, 2.05) is 30.7 Å². The highest BCUT2D eigenvalue weighted by Gasteiger charge is 2.07. The van der Waals surface area contributed by atoms with Crippen molar-refractivity contribution in [1.82, 2.24) is 9.55 Å². The lowest BCUT2D eigenvalue weighted by molar-refractivity contribution is -0.114. The minimum Gasteiger partial charge on any atom is -0.495 e. The summed E-state index contributed by atoms with van der Waals surface area (Å²) in [6, 6.07) is 5.49. The number of anilines is 2. The maximum atomic E-state index is 11.1. The molecule has 6 heteroatoms. The van der Waals surface area contributed by atoms with E-state index in [-0.39, 0.29) is 5.91 Å². The van der Waals surface area contributed by atoms with Gasteiger partial charge in [0.25, 0.3) is 0 Å². The minimum absolute atomic E-state index is 0.102. The number of aryl methyl sites for hydroxylation is 1. The number of methoxy groups -OCH3 is 1. The Morgan fingerprint density at radius 2 is 2.24 bits per heavy atom. The van der Waals surface area contributed by atoms with Gasteiger partial charge in [0.2, 0.25) is 5.91 Å². The summed E-state index contributed by atoms with van der Waals surface area (Å²) in [5, 5.41) is 6.08. The van der Waals surface area contributed by atoms with Gasteiger partial charge in [-0.15, -0.1) is 0 Å². The van der Waals surface area contributed by atoms with Crippen molar-refractivity contribution in [2.45, 2.75) is 26.9 Å². The number of nitrogens with zero attached hydrogens (tertiary/aromatic N) is 2. The maximum Gasteiger partial charge on any atom is 0.221 e. The molecule has 112 valence electrons. The lowest BCUT2D eigenvalue weighted by Crippen LogP contribution is -2.09. The fraction of sp³-hybridized carbons (Fsp3) is 0.333. The number of imidazole rings is 1. The first kappa shape index (κ1) is 14.9. The van der Waals surface area contributed by atoms with Crippen molar-refractivity contribution in [3.63, 3.8) is 0 Å². The van der Waals surface area contributed by atoms with Gasteiger partial charge in [0, 0.05) is 25.4 Å². The molecular formula is C15H20N4O2. The average molecular weight is 288 g/mol. The Morgan fingerprint density at radius 1 is 1.43 bits per heavy atom. The van der Waals surface area contributed by atoms with Crippen molar-refractivity contribution in [3.05, 3.63) is 36.4 Å². The number of hydrogen-bond acceptors (Lipinski definition) is 4. The first-order chi connectivity index (χ1) is 10.1. The number of ether oxygens (including phenoxy) is 1. The zero-order valence-corrected chi connectivity index (χ0v) is 12.5. The van der Waals surface area contributed by atoms with Gasteiger partial charge in [-0.2, -0.15) is 0 Å². The molecule has 1 heterocycles. The molecule has 0 fully saturated rings. The lowest BCUT2D eigenvalue weighted by atomic mass is 10.2. The molecule has 2 aromatic rings. The molecule has 0 atom stereocenters. The van der Waals surface area contributed by atoms with Crippen molar-refractivity contribution >= 4 is 17.3 Å². The predicted octanol–water partition coefficient (Wildman–Crippen LogP) is 2.48. The molecule has 0 bridgehead atoms. The van der Waals surface area contributed by atoms with Gasteiger partial charge in [-0.05, 0) is 25.1 Å². The smallest absolute Gasteiger partial charge is 0.221 e. The van der Waals surface area contributed by atoms with Crippen LogP contribution in [0.2, 0.25) is 0 Å². The largest absolute Gasteiger partial charge is 0.495 e. The molecule has 2 rings (SSSR count). The standard InChI is InChI=1S/C15H20N4O2/c1-4-19-10-16-8-13(19)9-17-14-7-12(18-11(2)20)5-6-15(14)21-3/h5-8,10,17H,4,9H2,1-3H3,(H,18,20). The maximum absolute atomic E-state index is 11.1. The molecule has 0 radical (unpaired) electrons. The minimum atomic E-state index is -0.102. The molecular weight excluding hydrogens is 268 g/mol. The van der Waals surface area contributed by atoms with Crippen LogP contribution >= 0.6 is 0 Å². The Morgan fingerprint density at radius 3 is 2.90 bits per heavy atom. The third-order valence-corrected chi connectivity index (χ3v) is 3.12. The fourth-order valence-corrected chi connectivity index (χ4v) is 2.09. The topological polar surface area (TPSA) is 68.2 Å². The monoisotopic (exact) mass is 288 g/mol. The van der Waals surface area contributed by atoms with Crippen LogP contribution in [0, 0.1) is 0 Å². The second-order valence-electron chi connectivity index (χ2n) is 4.62. The van der Waals surface area contributed by atoms with E-state index in [4.69, 9.17) is 4.74 Å². The Labute approximate surface area is 124 Å². The summed E-state index contributed by atoms with van der Waals surface area (Å²) in [5.74, 6) is 0.627.